The number of carbonyl (C=O) groups is 2. The second-order valence-corrected chi connectivity index (χ2v) is 7.45. The molecule has 0 unspecified atom stereocenters. The topological polar surface area (TPSA) is 114 Å². The number of carbonyl (C=O) groups excluding carboxylic acids is 2. The number of primary amides is 1. The number of hydrogen-bond donors (Lipinski definition) is 2. The van der Waals surface area contributed by atoms with Gasteiger partial charge in [-0.2, -0.15) is 5.10 Å². The lowest BCUT2D eigenvalue weighted by Crippen LogP contribution is -2.42. The number of fused-ring (bicyclic) bond motifs is 1. The van der Waals surface area contributed by atoms with Crippen LogP contribution in [-0.4, -0.2) is 51.6 Å². The van der Waals surface area contributed by atoms with Crippen LogP contribution in [0.2, 0.25) is 0 Å². The van der Waals surface area contributed by atoms with Crippen LogP contribution in [0.25, 0.3) is 10.9 Å². The van der Waals surface area contributed by atoms with E-state index in [2.05, 4.69) is 15.2 Å². The van der Waals surface area contributed by atoms with E-state index in [-0.39, 0.29) is 11.8 Å². The summed E-state index contributed by atoms with van der Waals surface area (Å²) >= 11 is 0. The quantitative estimate of drug-likeness (QED) is 0.706. The monoisotopic (exact) mass is 393 g/mol. The molecule has 3 aromatic rings. The van der Waals surface area contributed by atoms with Gasteiger partial charge in [0.1, 0.15) is 11.8 Å². The Morgan fingerprint density at radius 3 is 2.79 bits per heavy atom. The number of amides is 2. The van der Waals surface area contributed by atoms with Gasteiger partial charge >= 0.3 is 0 Å². The molecule has 1 fully saturated rings. The number of pyridine rings is 1. The van der Waals surface area contributed by atoms with Crippen LogP contribution in [0.1, 0.15) is 58.1 Å². The van der Waals surface area contributed by atoms with Crippen LogP contribution < -0.4 is 5.73 Å². The Labute approximate surface area is 168 Å². The Kier molecular flexibility index (Phi) is 5.02. The highest BCUT2D eigenvalue weighted by molar-refractivity contribution is 6.05. The number of hydrogen-bond acceptors (Lipinski definition) is 5. The maximum atomic E-state index is 12.9. The zero-order valence-corrected chi connectivity index (χ0v) is 16.4. The van der Waals surface area contributed by atoms with Crippen molar-refractivity contribution in [2.24, 2.45) is 5.73 Å². The van der Waals surface area contributed by atoms with E-state index < -0.39 is 12.0 Å². The summed E-state index contributed by atoms with van der Waals surface area (Å²) in [5, 5.41) is 7.77. The van der Waals surface area contributed by atoms with Crippen LogP contribution in [0, 0.1) is 0 Å². The Morgan fingerprint density at radius 2 is 2.07 bits per heavy atom. The van der Waals surface area contributed by atoms with Crippen molar-refractivity contribution < 1.29 is 14.3 Å². The third kappa shape index (κ3) is 3.71. The molecule has 0 spiro atoms. The van der Waals surface area contributed by atoms with E-state index in [0.717, 1.165) is 5.69 Å². The van der Waals surface area contributed by atoms with Crippen LogP contribution in [0.4, 0.5) is 0 Å². The highest BCUT2D eigenvalue weighted by Crippen LogP contribution is 2.26. The van der Waals surface area contributed by atoms with E-state index >= 15 is 0 Å². The largest absolute Gasteiger partial charge is 0.368 e. The van der Waals surface area contributed by atoms with Crippen LogP contribution in [0.5, 0.6) is 0 Å². The highest BCUT2D eigenvalue weighted by Gasteiger charge is 2.29. The van der Waals surface area contributed by atoms with Crippen molar-refractivity contribution in [3.8, 4) is 0 Å². The number of morpholine rings is 1. The van der Waals surface area contributed by atoms with Crippen molar-refractivity contribution in [2.75, 3.05) is 19.7 Å². The van der Waals surface area contributed by atoms with E-state index in [1.807, 2.05) is 38.1 Å². The Balaban J connectivity index is 1.61. The van der Waals surface area contributed by atoms with Crippen molar-refractivity contribution >= 4 is 22.7 Å². The number of nitrogens with zero attached hydrogens (tertiary/aromatic N) is 3. The Hall–Kier alpha value is -3.26. The van der Waals surface area contributed by atoms with Crippen molar-refractivity contribution in [2.45, 2.75) is 25.9 Å². The van der Waals surface area contributed by atoms with Gasteiger partial charge in [0, 0.05) is 17.6 Å². The summed E-state index contributed by atoms with van der Waals surface area (Å²) in [6.07, 6.45) is -0.445. The van der Waals surface area contributed by atoms with Crippen molar-refractivity contribution in [1.29, 1.82) is 0 Å². The van der Waals surface area contributed by atoms with Crippen molar-refractivity contribution in [3.05, 3.63) is 59.0 Å². The molecule has 0 bridgehead atoms. The smallest absolute Gasteiger partial charge is 0.274 e. The van der Waals surface area contributed by atoms with Gasteiger partial charge in [-0.3, -0.25) is 14.7 Å². The van der Waals surface area contributed by atoms with Gasteiger partial charge in [-0.25, -0.2) is 4.98 Å². The number of aromatic amines is 1. The van der Waals surface area contributed by atoms with Gasteiger partial charge in [0.05, 0.1) is 29.9 Å². The molecule has 150 valence electrons. The Bertz CT molecular complexity index is 1080. The van der Waals surface area contributed by atoms with Crippen LogP contribution >= 0.6 is 0 Å². The molecule has 4 rings (SSSR count). The van der Waals surface area contributed by atoms with Gasteiger partial charge in [-0.1, -0.05) is 32.0 Å². The predicted octanol–water partition coefficient (Wildman–Crippen LogP) is 2.39. The lowest BCUT2D eigenvalue weighted by molar-refractivity contribution is -0.0248. The summed E-state index contributed by atoms with van der Waals surface area (Å²) in [6.45, 7) is 5.24. The van der Waals surface area contributed by atoms with E-state index in [9.17, 15) is 9.59 Å². The lowest BCUT2D eigenvalue weighted by Gasteiger charge is -2.32. The first-order chi connectivity index (χ1) is 13.9. The molecule has 2 aromatic heterocycles. The molecular formula is C21H23N5O3. The molecule has 1 aliphatic heterocycles. The van der Waals surface area contributed by atoms with E-state index in [4.69, 9.17) is 10.5 Å². The third-order valence-electron chi connectivity index (χ3n) is 5.12. The molecule has 29 heavy (non-hydrogen) atoms. The zero-order valence-electron chi connectivity index (χ0n) is 16.4. The van der Waals surface area contributed by atoms with E-state index in [0.29, 0.717) is 47.6 Å². The molecule has 1 aromatic carbocycles. The molecule has 0 saturated carbocycles. The molecular weight excluding hydrogens is 370 g/mol. The van der Waals surface area contributed by atoms with Gasteiger partial charge < -0.3 is 15.4 Å². The number of rotatable bonds is 4. The van der Waals surface area contributed by atoms with Crippen LogP contribution in [0.3, 0.4) is 0 Å². The van der Waals surface area contributed by atoms with E-state index in [1.165, 1.54) is 0 Å². The number of para-hydroxylation sites is 1. The fraction of sp³-hybridized carbons (Fsp3) is 0.333. The molecule has 3 heterocycles. The second-order valence-electron chi connectivity index (χ2n) is 7.45. The van der Waals surface area contributed by atoms with E-state index in [1.54, 1.807) is 17.0 Å². The molecule has 2 amide bonds. The minimum Gasteiger partial charge on any atom is -0.368 e. The highest BCUT2D eigenvalue weighted by atomic mass is 16.5. The van der Waals surface area contributed by atoms with Crippen LogP contribution in [0.15, 0.2) is 36.4 Å². The van der Waals surface area contributed by atoms with Crippen molar-refractivity contribution in [1.82, 2.24) is 20.1 Å². The first kappa shape index (κ1) is 19.1. The van der Waals surface area contributed by atoms with Crippen LogP contribution in [-0.2, 0) is 4.74 Å². The average molecular weight is 393 g/mol. The fourth-order valence-corrected chi connectivity index (χ4v) is 3.48. The fourth-order valence-electron chi connectivity index (χ4n) is 3.48. The maximum Gasteiger partial charge on any atom is 0.274 e. The standard InChI is InChI=1S/C21H23N5O3/c1-12(2)16-10-18(25-24-16)21(28)26-7-8-29-19(11-26)17-9-14(20(22)27)13-5-3-4-6-15(13)23-17/h3-6,9-10,12,19H,7-8,11H2,1-2H3,(H2,22,27)(H,24,25)/t19-/m1/s1. The first-order valence-electron chi connectivity index (χ1n) is 9.59. The third-order valence-corrected chi connectivity index (χ3v) is 5.12. The number of ether oxygens (including phenoxy) is 1. The minimum atomic E-state index is -0.522. The number of aromatic nitrogens is 3. The molecule has 0 radical (unpaired) electrons. The minimum absolute atomic E-state index is 0.155. The summed E-state index contributed by atoms with van der Waals surface area (Å²) in [5.41, 5.74) is 8.52. The normalized spacial score (nSPS) is 17.1. The Morgan fingerprint density at radius 1 is 1.28 bits per heavy atom. The number of benzene rings is 1. The molecule has 3 N–H and O–H groups in total. The summed E-state index contributed by atoms with van der Waals surface area (Å²) in [6, 6.07) is 10.8. The summed E-state index contributed by atoms with van der Waals surface area (Å²) in [4.78, 5) is 31.2. The predicted molar refractivity (Wildman–Crippen MR) is 108 cm³/mol. The number of nitrogens with one attached hydrogen (secondary N) is 1. The summed E-state index contributed by atoms with van der Waals surface area (Å²) in [7, 11) is 0. The SMILES string of the molecule is CC(C)c1cc(C(=O)N2CCO[C@@H](c3cc(C(N)=O)c4ccccc4n3)C2)n[nH]1. The molecule has 0 aliphatic carbocycles. The molecule has 1 saturated heterocycles. The molecule has 8 nitrogen and oxygen atoms in total. The summed E-state index contributed by atoms with van der Waals surface area (Å²) in [5.74, 6) is -0.417. The van der Waals surface area contributed by atoms with Gasteiger partial charge in [-0.05, 0) is 24.1 Å². The number of H-pyrrole nitrogens is 1. The zero-order chi connectivity index (χ0) is 20.5. The number of nitrogens with two attached hydrogens (primary N) is 1. The lowest BCUT2D eigenvalue weighted by atomic mass is 10.0. The second kappa shape index (κ2) is 7.63. The van der Waals surface area contributed by atoms with Crippen molar-refractivity contribution in [3.63, 3.8) is 0 Å². The van der Waals surface area contributed by atoms with Gasteiger partial charge in [0.15, 0.2) is 0 Å². The summed E-state index contributed by atoms with van der Waals surface area (Å²) < 4.78 is 5.87. The molecule has 1 atom stereocenters. The van der Waals surface area contributed by atoms with Gasteiger partial charge in [0.2, 0.25) is 5.91 Å². The molecule has 8 heteroatoms. The van der Waals surface area contributed by atoms with Gasteiger partial charge in [-0.15, -0.1) is 0 Å². The maximum absolute atomic E-state index is 12.9. The average Bonchev–Trinajstić information content (AvgIpc) is 3.23. The van der Waals surface area contributed by atoms with Gasteiger partial charge in [0.25, 0.3) is 5.91 Å². The molecule has 1 aliphatic rings. The first-order valence-corrected chi connectivity index (χ1v) is 9.59.